The van der Waals surface area contributed by atoms with Gasteiger partial charge in [0.25, 0.3) is 5.91 Å². The lowest BCUT2D eigenvalue weighted by Gasteiger charge is -2.36. The number of ether oxygens (including phenoxy) is 2. The number of rotatable bonds is 2. The molecule has 0 saturated carbocycles. The van der Waals surface area contributed by atoms with Crippen LogP contribution in [0.4, 0.5) is 0 Å². The Morgan fingerprint density at radius 1 is 0.920 bits per heavy atom. The molecule has 3 aliphatic rings. The van der Waals surface area contributed by atoms with Crippen LogP contribution in [0.25, 0.3) is 0 Å². The highest BCUT2D eigenvalue weighted by atomic mass is 16.5. The lowest BCUT2D eigenvalue weighted by Crippen LogP contribution is -2.49. The van der Waals surface area contributed by atoms with E-state index in [1.807, 2.05) is 34.1 Å². The zero-order chi connectivity index (χ0) is 17.2. The van der Waals surface area contributed by atoms with Gasteiger partial charge in [0.15, 0.2) is 6.10 Å². The van der Waals surface area contributed by atoms with E-state index in [4.69, 9.17) is 9.47 Å². The molecule has 0 radical (unpaired) electrons. The van der Waals surface area contributed by atoms with Gasteiger partial charge in [0.05, 0.1) is 13.2 Å². The van der Waals surface area contributed by atoms with Crippen molar-refractivity contribution in [3.63, 3.8) is 0 Å². The maximum absolute atomic E-state index is 12.7. The molecule has 0 N–H and O–H groups in total. The lowest BCUT2D eigenvalue weighted by molar-refractivity contribution is -0.145. The summed E-state index contributed by atoms with van der Waals surface area (Å²) in [7, 11) is 0. The molecule has 1 aromatic carbocycles. The summed E-state index contributed by atoms with van der Waals surface area (Å²) in [6.45, 7) is 3.90. The smallest absolute Gasteiger partial charge is 0.263 e. The maximum Gasteiger partial charge on any atom is 0.263 e. The Balaban J connectivity index is 1.30. The van der Waals surface area contributed by atoms with Crippen molar-refractivity contribution in [3.8, 4) is 5.75 Å². The van der Waals surface area contributed by atoms with E-state index < -0.39 is 6.10 Å². The minimum absolute atomic E-state index is 0.0313. The van der Waals surface area contributed by atoms with E-state index in [0.717, 1.165) is 24.2 Å². The Kier molecular flexibility index (Phi) is 4.61. The molecule has 0 aliphatic carbocycles. The van der Waals surface area contributed by atoms with Crippen molar-refractivity contribution in [2.24, 2.45) is 5.92 Å². The molecular formula is C19H24N2O4. The first-order valence-corrected chi connectivity index (χ1v) is 9.12. The molecule has 6 heteroatoms. The third-order valence-electron chi connectivity index (χ3n) is 5.40. The number of hydrogen-bond acceptors (Lipinski definition) is 4. The number of para-hydroxylation sites is 1. The predicted molar refractivity (Wildman–Crippen MR) is 91.3 cm³/mol. The molecule has 3 aliphatic heterocycles. The zero-order valence-corrected chi connectivity index (χ0v) is 14.4. The van der Waals surface area contributed by atoms with Gasteiger partial charge in [0.1, 0.15) is 5.75 Å². The Bertz CT molecular complexity index is 624. The molecule has 1 atom stereocenters. The number of carbonyl (C=O) groups excluding carboxylic acids is 2. The number of piperidine rings is 1. The van der Waals surface area contributed by atoms with Crippen LogP contribution in [0.15, 0.2) is 24.3 Å². The van der Waals surface area contributed by atoms with Gasteiger partial charge in [-0.25, -0.2) is 0 Å². The highest BCUT2D eigenvalue weighted by Gasteiger charge is 2.36. The van der Waals surface area contributed by atoms with Gasteiger partial charge in [-0.1, -0.05) is 18.2 Å². The quantitative estimate of drug-likeness (QED) is 0.806. The number of nitrogens with zero attached hydrogens (tertiary/aromatic N) is 2. The van der Waals surface area contributed by atoms with Crippen LogP contribution in [0.5, 0.6) is 5.75 Å². The summed E-state index contributed by atoms with van der Waals surface area (Å²) in [6.07, 6.45) is 1.70. The van der Waals surface area contributed by atoms with Gasteiger partial charge in [-0.2, -0.15) is 0 Å². The van der Waals surface area contributed by atoms with Gasteiger partial charge in [0.2, 0.25) is 5.91 Å². The van der Waals surface area contributed by atoms with Gasteiger partial charge < -0.3 is 19.3 Å². The first kappa shape index (κ1) is 16.4. The van der Waals surface area contributed by atoms with Gasteiger partial charge in [-0.15, -0.1) is 0 Å². The van der Waals surface area contributed by atoms with Gasteiger partial charge >= 0.3 is 0 Å². The fourth-order valence-electron chi connectivity index (χ4n) is 3.91. The number of carbonyl (C=O) groups is 2. The highest BCUT2D eigenvalue weighted by Crippen LogP contribution is 2.30. The average Bonchev–Trinajstić information content (AvgIpc) is 3.12. The minimum Gasteiger partial charge on any atom is -0.480 e. The predicted octanol–water partition coefficient (Wildman–Crippen LogP) is 1.09. The zero-order valence-electron chi connectivity index (χ0n) is 14.4. The molecule has 0 bridgehead atoms. The molecule has 6 nitrogen and oxygen atoms in total. The number of benzene rings is 1. The van der Waals surface area contributed by atoms with Crippen LogP contribution in [0.3, 0.4) is 0 Å². The molecule has 2 amide bonds. The topological polar surface area (TPSA) is 59.1 Å². The summed E-state index contributed by atoms with van der Waals surface area (Å²) in [5.41, 5.74) is 1.10. The molecular weight excluding hydrogens is 320 g/mol. The second kappa shape index (κ2) is 7.04. The van der Waals surface area contributed by atoms with E-state index >= 15 is 0 Å². The van der Waals surface area contributed by atoms with Gasteiger partial charge in [-0.05, 0) is 24.5 Å². The van der Waals surface area contributed by atoms with Crippen LogP contribution in [-0.4, -0.2) is 67.1 Å². The number of amides is 2. The van der Waals surface area contributed by atoms with Crippen molar-refractivity contribution in [2.75, 3.05) is 39.4 Å². The van der Waals surface area contributed by atoms with Crippen LogP contribution >= 0.6 is 0 Å². The molecule has 1 unspecified atom stereocenters. The third-order valence-corrected chi connectivity index (χ3v) is 5.40. The second-order valence-electron chi connectivity index (χ2n) is 6.96. The second-order valence-corrected chi connectivity index (χ2v) is 6.96. The minimum atomic E-state index is -0.413. The first-order valence-electron chi connectivity index (χ1n) is 9.12. The summed E-state index contributed by atoms with van der Waals surface area (Å²) in [5, 5.41) is 0. The van der Waals surface area contributed by atoms with Crippen molar-refractivity contribution in [1.29, 1.82) is 0 Å². The van der Waals surface area contributed by atoms with Gasteiger partial charge in [0, 0.05) is 38.5 Å². The molecule has 4 rings (SSSR count). The van der Waals surface area contributed by atoms with E-state index in [-0.39, 0.29) is 17.7 Å². The monoisotopic (exact) mass is 344 g/mol. The fraction of sp³-hybridized carbons (Fsp3) is 0.579. The third kappa shape index (κ3) is 3.35. The standard InChI is InChI=1S/C19H24N2O4/c22-18(21-9-11-24-12-10-21)14-5-7-20(8-6-14)19(23)17-13-15-3-1-2-4-16(15)25-17/h1-4,14,17H,5-13H2. The Morgan fingerprint density at radius 3 is 2.32 bits per heavy atom. The van der Waals surface area contributed by atoms with Crippen molar-refractivity contribution < 1.29 is 19.1 Å². The molecule has 1 aromatic rings. The normalized spacial score (nSPS) is 23.9. The van der Waals surface area contributed by atoms with Crippen molar-refractivity contribution in [3.05, 3.63) is 29.8 Å². The number of morpholine rings is 1. The van der Waals surface area contributed by atoms with E-state index in [9.17, 15) is 9.59 Å². The van der Waals surface area contributed by atoms with E-state index in [1.165, 1.54) is 0 Å². The van der Waals surface area contributed by atoms with Crippen LogP contribution in [0.2, 0.25) is 0 Å². The van der Waals surface area contributed by atoms with Crippen molar-refractivity contribution >= 4 is 11.8 Å². The van der Waals surface area contributed by atoms with E-state index in [0.29, 0.717) is 45.8 Å². The van der Waals surface area contributed by atoms with Crippen LogP contribution < -0.4 is 4.74 Å². The molecule has 0 aromatic heterocycles. The number of hydrogen-bond donors (Lipinski definition) is 0. The lowest BCUT2D eigenvalue weighted by atomic mass is 9.94. The Morgan fingerprint density at radius 2 is 1.60 bits per heavy atom. The average molecular weight is 344 g/mol. The summed E-state index contributed by atoms with van der Waals surface area (Å²) in [6, 6.07) is 7.82. The molecule has 25 heavy (non-hydrogen) atoms. The molecule has 134 valence electrons. The highest BCUT2D eigenvalue weighted by molar-refractivity contribution is 5.83. The molecule has 2 saturated heterocycles. The van der Waals surface area contributed by atoms with Crippen LogP contribution in [-0.2, 0) is 20.7 Å². The molecule has 0 spiro atoms. The van der Waals surface area contributed by atoms with E-state index in [1.54, 1.807) is 0 Å². The summed E-state index contributed by atoms with van der Waals surface area (Å²) in [5.74, 6) is 1.12. The van der Waals surface area contributed by atoms with Crippen LogP contribution in [0.1, 0.15) is 18.4 Å². The Labute approximate surface area is 147 Å². The summed E-state index contributed by atoms with van der Waals surface area (Å²) >= 11 is 0. The number of fused-ring (bicyclic) bond motifs is 1. The summed E-state index contributed by atoms with van der Waals surface area (Å²) < 4.78 is 11.1. The molecule has 2 fully saturated rings. The number of likely N-dealkylation sites (tertiary alicyclic amines) is 1. The molecule has 3 heterocycles. The fourth-order valence-corrected chi connectivity index (χ4v) is 3.91. The maximum atomic E-state index is 12.7. The SMILES string of the molecule is O=C(C1CCN(C(=O)C2Cc3ccccc3O2)CC1)N1CCOCC1. The van der Waals surface area contributed by atoms with Crippen molar-refractivity contribution in [1.82, 2.24) is 9.80 Å². The van der Waals surface area contributed by atoms with E-state index in [2.05, 4.69) is 0 Å². The van der Waals surface area contributed by atoms with Gasteiger partial charge in [-0.3, -0.25) is 9.59 Å². The summed E-state index contributed by atoms with van der Waals surface area (Å²) in [4.78, 5) is 29.1. The largest absolute Gasteiger partial charge is 0.480 e. The Hall–Kier alpha value is -2.08. The van der Waals surface area contributed by atoms with Crippen LogP contribution in [0, 0.1) is 5.92 Å². The first-order chi connectivity index (χ1) is 12.2. The van der Waals surface area contributed by atoms with Crippen molar-refractivity contribution in [2.45, 2.75) is 25.4 Å².